The van der Waals surface area contributed by atoms with Crippen LogP contribution < -0.4 is 14.4 Å². The molecule has 0 aliphatic carbocycles. The summed E-state index contributed by atoms with van der Waals surface area (Å²) in [7, 11) is -3.90. The van der Waals surface area contributed by atoms with E-state index in [-0.39, 0.29) is 23.3 Å². The van der Waals surface area contributed by atoms with E-state index in [1.807, 2.05) is 27.7 Å². The van der Waals surface area contributed by atoms with Crippen molar-refractivity contribution in [1.82, 2.24) is 5.32 Å². The van der Waals surface area contributed by atoms with Crippen molar-refractivity contribution in [3.05, 3.63) is 54.1 Å². The molecular formula is C21H28N2O4S. The number of sulfonamides is 1. The van der Waals surface area contributed by atoms with Gasteiger partial charge in [-0.2, -0.15) is 0 Å². The summed E-state index contributed by atoms with van der Waals surface area (Å²) in [6.07, 6.45) is 0. The third-order valence-electron chi connectivity index (χ3n) is 4.04. The Hall–Kier alpha value is -2.54. The molecule has 152 valence electrons. The van der Waals surface area contributed by atoms with Crippen molar-refractivity contribution < 1.29 is 17.9 Å². The Kier molecular flexibility index (Phi) is 7.45. The molecule has 2 aromatic rings. The molecule has 0 aliphatic rings. The van der Waals surface area contributed by atoms with E-state index in [4.69, 9.17) is 4.74 Å². The molecule has 0 heterocycles. The van der Waals surface area contributed by atoms with Gasteiger partial charge in [0.2, 0.25) is 5.91 Å². The fraction of sp³-hybridized carbons (Fsp3) is 0.381. The number of carbonyl (C=O) groups excluding carboxylic acids is 1. The number of anilines is 1. The predicted molar refractivity (Wildman–Crippen MR) is 111 cm³/mol. The largest absolute Gasteiger partial charge is 0.494 e. The fourth-order valence-electron chi connectivity index (χ4n) is 2.53. The van der Waals surface area contributed by atoms with Gasteiger partial charge in [-0.15, -0.1) is 0 Å². The number of nitrogens with one attached hydrogen (secondary N) is 1. The summed E-state index contributed by atoms with van der Waals surface area (Å²) in [6, 6.07) is 13.3. The number of ether oxygens (including phenoxy) is 1. The maximum absolute atomic E-state index is 13.2. The molecule has 0 saturated carbocycles. The Morgan fingerprint density at radius 1 is 1.07 bits per heavy atom. The van der Waals surface area contributed by atoms with Crippen molar-refractivity contribution >= 4 is 21.6 Å². The lowest BCUT2D eigenvalue weighted by Crippen LogP contribution is -2.41. The van der Waals surface area contributed by atoms with Crippen molar-refractivity contribution in [3.8, 4) is 5.75 Å². The molecule has 0 spiro atoms. The van der Waals surface area contributed by atoms with E-state index < -0.39 is 10.0 Å². The molecule has 0 fully saturated rings. The molecule has 1 N–H and O–H groups in total. The Bertz CT molecular complexity index is 876. The highest BCUT2D eigenvalue weighted by Gasteiger charge is 2.27. The number of nitrogens with zero attached hydrogens (tertiary/aromatic N) is 1. The van der Waals surface area contributed by atoms with Crippen molar-refractivity contribution in [3.63, 3.8) is 0 Å². The Morgan fingerprint density at radius 2 is 1.68 bits per heavy atom. The summed E-state index contributed by atoms with van der Waals surface area (Å²) in [5.74, 6) is 0.568. The summed E-state index contributed by atoms with van der Waals surface area (Å²) < 4.78 is 33.0. The molecule has 7 heteroatoms. The molecule has 2 rings (SSSR count). The molecule has 0 unspecified atom stereocenters. The van der Waals surface area contributed by atoms with Crippen LogP contribution in [0.15, 0.2) is 53.4 Å². The lowest BCUT2D eigenvalue weighted by molar-refractivity contribution is -0.119. The molecule has 2 aromatic carbocycles. The summed E-state index contributed by atoms with van der Waals surface area (Å²) in [5.41, 5.74) is 1.37. The van der Waals surface area contributed by atoms with Crippen molar-refractivity contribution in [2.75, 3.05) is 24.0 Å². The number of aryl methyl sites for hydroxylation is 1. The SMILES string of the molecule is CCOc1ccc(N(CC(=O)NCC(C)C)S(=O)(=O)c2ccc(C)cc2)cc1. The third-order valence-corrected chi connectivity index (χ3v) is 5.83. The van der Waals surface area contributed by atoms with E-state index >= 15 is 0 Å². The molecule has 6 nitrogen and oxygen atoms in total. The van der Waals surface area contributed by atoms with Gasteiger partial charge in [-0.1, -0.05) is 31.5 Å². The van der Waals surface area contributed by atoms with Gasteiger partial charge in [0.15, 0.2) is 0 Å². The average molecular weight is 405 g/mol. The van der Waals surface area contributed by atoms with Gasteiger partial charge in [-0.25, -0.2) is 8.42 Å². The fourth-order valence-corrected chi connectivity index (χ4v) is 3.95. The first-order chi connectivity index (χ1) is 13.2. The lowest BCUT2D eigenvalue weighted by Gasteiger charge is -2.24. The number of hydrogen-bond acceptors (Lipinski definition) is 4. The van der Waals surface area contributed by atoms with E-state index in [2.05, 4.69) is 5.32 Å². The van der Waals surface area contributed by atoms with Crippen molar-refractivity contribution in [2.24, 2.45) is 5.92 Å². The minimum absolute atomic E-state index is 0.142. The monoisotopic (exact) mass is 404 g/mol. The number of amides is 1. The average Bonchev–Trinajstić information content (AvgIpc) is 2.66. The van der Waals surface area contributed by atoms with E-state index in [0.29, 0.717) is 24.6 Å². The third kappa shape index (κ3) is 5.73. The van der Waals surface area contributed by atoms with Crippen LogP contribution in [0, 0.1) is 12.8 Å². The number of rotatable bonds is 9. The minimum Gasteiger partial charge on any atom is -0.494 e. The molecule has 0 aliphatic heterocycles. The molecule has 0 bridgehead atoms. The molecule has 0 radical (unpaired) electrons. The Labute approximate surface area is 167 Å². The molecule has 0 atom stereocenters. The normalized spacial score (nSPS) is 11.3. The zero-order valence-corrected chi connectivity index (χ0v) is 17.6. The molecule has 1 amide bonds. The van der Waals surface area contributed by atoms with Crippen LogP contribution in [0.5, 0.6) is 5.75 Å². The molecule has 0 saturated heterocycles. The van der Waals surface area contributed by atoms with Crippen LogP contribution in [-0.2, 0) is 14.8 Å². The highest BCUT2D eigenvalue weighted by molar-refractivity contribution is 7.92. The van der Waals surface area contributed by atoms with Crippen LogP contribution in [0.3, 0.4) is 0 Å². The maximum Gasteiger partial charge on any atom is 0.264 e. The minimum atomic E-state index is -3.90. The maximum atomic E-state index is 13.2. The van der Waals surface area contributed by atoms with Gasteiger partial charge in [0.25, 0.3) is 10.0 Å². The summed E-state index contributed by atoms with van der Waals surface area (Å²) in [6.45, 7) is 8.43. The first-order valence-corrected chi connectivity index (χ1v) is 10.8. The van der Waals surface area contributed by atoms with Gasteiger partial charge < -0.3 is 10.1 Å². The van der Waals surface area contributed by atoms with Crippen molar-refractivity contribution in [2.45, 2.75) is 32.6 Å². The lowest BCUT2D eigenvalue weighted by atomic mass is 10.2. The van der Waals surface area contributed by atoms with Gasteiger partial charge in [-0.05, 0) is 56.2 Å². The summed E-state index contributed by atoms with van der Waals surface area (Å²) in [4.78, 5) is 12.5. The Balaban J connectivity index is 2.37. The summed E-state index contributed by atoms with van der Waals surface area (Å²) in [5, 5.41) is 2.78. The first-order valence-electron chi connectivity index (χ1n) is 9.33. The zero-order chi connectivity index (χ0) is 20.7. The van der Waals surface area contributed by atoms with Crippen LogP contribution in [0.2, 0.25) is 0 Å². The second kappa shape index (κ2) is 9.59. The van der Waals surface area contributed by atoms with E-state index in [9.17, 15) is 13.2 Å². The van der Waals surface area contributed by atoms with Gasteiger partial charge in [0.1, 0.15) is 12.3 Å². The van der Waals surface area contributed by atoms with Gasteiger partial charge in [0, 0.05) is 6.54 Å². The predicted octanol–water partition coefficient (Wildman–Crippen LogP) is 3.36. The highest BCUT2D eigenvalue weighted by atomic mass is 32.2. The van der Waals surface area contributed by atoms with E-state index in [1.165, 1.54) is 0 Å². The zero-order valence-electron chi connectivity index (χ0n) is 16.8. The van der Waals surface area contributed by atoms with E-state index in [0.717, 1.165) is 9.87 Å². The molecule has 28 heavy (non-hydrogen) atoms. The molecular weight excluding hydrogens is 376 g/mol. The second-order valence-corrected chi connectivity index (χ2v) is 8.81. The van der Waals surface area contributed by atoms with Crippen LogP contribution in [-0.4, -0.2) is 34.0 Å². The van der Waals surface area contributed by atoms with Gasteiger partial charge in [0.05, 0.1) is 17.2 Å². The van der Waals surface area contributed by atoms with Gasteiger partial charge in [-0.3, -0.25) is 9.10 Å². The van der Waals surface area contributed by atoms with Crippen LogP contribution in [0.4, 0.5) is 5.69 Å². The van der Waals surface area contributed by atoms with Crippen LogP contribution >= 0.6 is 0 Å². The van der Waals surface area contributed by atoms with Crippen molar-refractivity contribution in [1.29, 1.82) is 0 Å². The van der Waals surface area contributed by atoms with Gasteiger partial charge >= 0.3 is 0 Å². The number of hydrogen-bond donors (Lipinski definition) is 1. The second-order valence-electron chi connectivity index (χ2n) is 6.95. The summed E-state index contributed by atoms with van der Waals surface area (Å²) >= 11 is 0. The number of carbonyl (C=O) groups is 1. The topological polar surface area (TPSA) is 75.7 Å². The van der Waals surface area contributed by atoms with Crippen LogP contribution in [0.1, 0.15) is 26.3 Å². The van der Waals surface area contributed by atoms with E-state index in [1.54, 1.807) is 48.5 Å². The standard InChI is InChI=1S/C21H28N2O4S/c1-5-27-19-10-8-18(9-11-19)23(15-21(24)22-14-16(2)3)28(25,26)20-12-6-17(4)7-13-20/h6-13,16H,5,14-15H2,1-4H3,(H,22,24). The van der Waals surface area contributed by atoms with Crippen LogP contribution in [0.25, 0.3) is 0 Å². The Morgan fingerprint density at radius 3 is 2.21 bits per heavy atom. The molecule has 0 aromatic heterocycles. The quantitative estimate of drug-likeness (QED) is 0.695. The number of benzene rings is 2. The highest BCUT2D eigenvalue weighted by Crippen LogP contribution is 2.26. The first kappa shape index (κ1) is 21.8. The smallest absolute Gasteiger partial charge is 0.264 e.